The van der Waals surface area contributed by atoms with Crippen LogP contribution in [0, 0.1) is 5.92 Å². The van der Waals surface area contributed by atoms with Crippen molar-refractivity contribution in [2.75, 3.05) is 25.0 Å². The number of aryl methyl sites for hydroxylation is 1. The monoisotopic (exact) mass is 440 g/mol. The summed E-state index contributed by atoms with van der Waals surface area (Å²) in [4.78, 5) is 29.2. The molecule has 0 radical (unpaired) electrons. The molecule has 1 aromatic carbocycles. The maximum atomic E-state index is 12.9. The second-order valence-corrected chi connectivity index (χ2v) is 9.85. The first kappa shape index (κ1) is 22.0. The zero-order chi connectivity index (χ0) is 21.8. The number of anilines is 1. The summed E-state index contributed by atoms with van der Waals surface area (Å²) >= 11 is 1.53. The van der Waals surface area contributed by atoms with Crippen molar-refractivity contribution in [2.24, 2.45) is 5.92 Å². The molecule has 1 fully saturated rings. The SMILES string of the molecule is CCOC(=O)c1c(NC(=O)c2ccc(CN3CCC(C)CC3)cc2)sc2c1CCCC2. The lowest BCUT2D eigenvalue weighted by atomic mass is 9.95. The number of carbonyl (C=O) groups is 2. The van der Waals surface area contributed by atoms with E-state index in [-0.39, 0.29) is 11.9 Å². The van der Waals surface area contributed by atoms with Gasteiger partial charge in [-0.15, -0.1) is 11.3 Å². The molecule has 1 aromatic heterocycles. The fourth-order valence-electron chi connectivity index (χ4n) is 4.49. The highest BCUT2D eigenvalue weighted by atomic mass is 32.1. The predicted octanol–water partition coefficient (Wildman–Crippen LogP) is 5.29. The number of fused-ring (bicyclic) bond motifs is 1. The molecule has 6 heteroatoms. The summed E-state index contributed by atoms with van der Waals surface area (Å²) in [7, 11) is 0. The van der Waals surface area contributed by atoms with Crippen LogP contribution >= 0.6 is 11.3 Å². The number of amides is 1. The minimum Gasteiger partial charge on any atom is -0.462 e. The number of carbonyl (C=O) groups excluding carboxylic acids is 2. The zero-order valence-corrected chi connectivity index (χ0v) is 19.4. The normalized spacial score (nSPS) is 17.2. The Kier molecular flexibility index (Phi) is 7.08. The Morgan fingerprint density at radius 3 is 2.55 bits per heavy atom. The Bertz CT molecular complexity index is 927. The molecule has 0 unspecified atom stereocenters. The second kappa shape index (κ2) is 9.96. The molecule has 1 aliphatic carbocycles. The third-order valence-electron chi connectivity index (χ3n) is 6.38. The first-order valence-corrected chi connectivity index (χ1v) is 12.3. The number of hydrogen-bond acceptors (Lipinski definition) is 5. The van der Waals surface area contributed by atoms with E-state index in [2.05, 4.69) is 17.1 Å². The van der Waals surface area contributed by atoms with Crippen molar-refractivity contribution in [3.63, 3.8) is 0 Å². The van der Waals surface area contributed by atoms with Crippen LogP contribution in [0.4, 0.5) is 5.00 Å². The van der Waals surface area contributed by atoms with Gasteiger partial charge in [0.25, 0.3) is 5.91 Å². The molecular formula is C25H32N2O3S. The smallest absolute Gasteiger partial charge is 0.341 e. The molecule has 0 saturated carbocycles. The lowest BCUT2D eigenvalue weighted by molar-refractivity contribution is 0.0526. The number of benzene rings is 1. The molecule has 5 nitrogen and oxygen atoms in total. The summed E-state index contributed by atoms with van der Waals surface area (Å²) in [6.07, 6.45) is 6.55. The van der Waals surface area contributed by atoms with Gasteiger partial charge in [-0.05, 0) is 87.7 Å². The van der Waals surface area contributed by atoms with Crippen LogP contribution in [0.3, 0.4) is 0 Å². The van der Waals surface area contributed by atoms with Crippen LogP contribution in [-0.4, -0.2) is 36.5 Å². The van der Waals surface area contributed by atoms with E-state index in [1.807, 2.05) is 24.3 Å². The molecule has 1 N–H and O–H groups in total. The lowest BCUT2D eigenvalue weighted by Gasteiger charge is -2.30. The molecule has 166 valence electrons. The Morgan fingerprint density at radius 1 is 1.13 bits per heavy atom. The third kappa shape index (κ3) is 5.18. The van der Waals surface area contributed by atoms with Gasteiger partial charge >= 0.3 is 5.97 Å². The Morgan fingerprint density at radius 2 is 1.84 bits per heavy atom. The minimum atomic E-state index is -0.330. The van der Waals surface area contributed by atoms with Crippen LogP contribution in [0.2, 0.25) is 0 Å². The molecule has 4 rings (SSSR count). The lowest BCUT2D eigenvalue weighted by Crippen LogP contribution is -2.32. The minimum absolute atomic E-state index is 0.178. The summed E-state index contributed by atoms with van der Waals surface area (Å²) < 4.78 is 5.29. The largest absolute Gasteiger partial charge is 0.462 e. The van der Waals surface area contributed by atoms with E-state index in [1.165, 1.54) is 34.6 Å². The summed E-state index contributed by atoms with van der Waals surface area (Å²) in [5.74, 6) is 0.315. The van der Waals surface area contributed by atoms with Crippen molar-refractivity contribution in [3.05, 3.63) is 51.4 Å². The Hall–Kier alpha value is -2.18. The number of ether oxygens (including phenoxy) is 1. The molecule has 1 saturated heterocycles. The molecular weight excluding hydrogens is 408 g/mol. The molecule has 2 aromatic rings. The number of nitrogens with zero attached hydrogens (tertiary/aromatic N) is 1. The maximum Gasteiger partial charge on any atom is 0.341 e. The van der Waals surface area contributed by atoms with Crippen LogP contribution in [0.15, 0.2) is 24.3 Å². The number of esters is 1. The van der Waals surface area contributed by atoms with Crippen LogP contribution in [0.1, 0.15) is 76.3 Å². The molecule has 2 aliphatic rings. The number of piperidine rings is 1. The van der Waals surface area contributed by atoms with E-state index < -0.39 is 0 Å². The number of nitrogens with one attached hydrogen (secondary N) is 1. The fraction of sp³-hybridized carbons (Fsp3) is 0.520. The first-order valence-electron chi connectivity index (χ1n) is 11.5. The van der Waals surface area contributed by atoms with Crippen molar-refractivity contribution in [1.29, 1.82) is 0 Å². The van der Waals surface area contributed by atoms with Gasteiger partial charge < -0.3 is 10.1 Å². The summed E-state index contributed by atoms with van der Waals surface area (Å²) in [5.41, 5.74) is 3.46. The van der Waals surface area contributed by atoms with Gasteiger partial charge in [0, 0.05) is 17.0 Å². The molecule has 1 aliphatic heterocycles. The van der Waals surface area contributed by atoms with E-state index in [9.17, 15) is 9.59 Å². The predicted molar refractivity (Wildman–Crippen MR) is 125 cm³/mol. The highest BCUT2D eigenvalue weighted by Crippen LogP contribution is 2.38. The standard InChI is InChI=1S/C25H32N2O3S/c1-3-30-25(29)22-20-6-4-5-7-21(20)31-24(22)26-23(28)19-10-8-18(9-11-19)16-27-14-12-17(2)13-15-27/h8-11,17H,3-7,12-16H2,1-2H3,(H,26,28). The number of likely N-dealkylation sites (tertiary alicyclic amines) is 1. The highest BCUT2D eigenvalue weighted by molar-refractivity contribution is 7.17. The van der Waals surface area contributed by atoms with Gasteiger partial charge in [0.15, 0.2) is 0 Å². The van der Waals surface area contributed by atoms with Crippen molar-refractivity contribution in [1.82, 2.24) is 4.90 Å². The van der Waals surface area contributed by atoms with Crippen LogP contribution in [0.25, 0.3) is 0 Å². The Balaban J connectivity index is 1.45. The summed E-state index contributed by atoms with van der Waals surface area (Å²) in [6.45, 7) is 7.67. The highest BCUT2D eigenvalue weighted by Gasteiger charge is 2.27. The van der Waals surface area contributed by atoms with Gasteiger partial charge in [0.1, 0.15) is 5.00 Å². The second-order valence-electron chi connectivity index (χ2n) is 8.75. The van der Waals surface area contributed by atoms with Gasteiger partial charge in [0.2, 0.25) is 0 Å². The fourth-order valence-corrected chi connectivity index (χ4v) is 5.76. The summed E-state index contributed by atoms with van der Waals surface area (Å²) in [6, 6.07) is 7.85. The van der Waals surface area contributed by atoms with Gasteiger partial charge in [-0.2, -0.15) is 0 Å². The quantitative estimate of drug-likeness (QED) is 0.620. The number of hydrogen-bond donors (Lipinski definition) is 1. The van der Waals surface area contributed by atoms with E-state index >= 15 is 0 Å². The number of rotatable bonds is 6. The topological polar surface area (TPSA) is 58.6 Å². The van der Waals surface area contributed by atoms with Crippen molar-refractivity contribution in [2.45, 2.75) is 58.9 Å². The van der Waals surface area contributed by atoms with E-state index in [4.69, 9.17) is 4.74 Å². The first-order chi connectivity index (χ1) is 15.0. The van der Waals surface area contributed by atoms with E-state index in [0.29, 0.717) is 22.7 Å². The Labute approximate surface area is 188 Å². The molecule has 31 heavy (non-hydrogen) atoms. The van der Waals surface area contributed by atoms with Gasteiger partial charge in [-0.1, -0.05) is 19.1 Å². The molecule has 0 bridgehead atoms. The molecule has 0 spiro atoms. The number of thiophene rings is 1. The van der Waals surface area contributed by atoms with Crippen molar-refractivity contribution < 1.29 is 14.3 Å². The van der Waals surface area contributed by atoms with Crippen LogP contribution in [0.5, 0.6) is 0 Å². The van der Waals surface area contributed by atoms with E-state index in [0.717, 1.165) is 56.8 Å². The average Bonchev–Trinajstić information content (AvgIpc) is 3.14. The van der Waals surface area contributed by atoms with Gasteiger partial charge in [0.05, 0.1) is 12.2 Å². The summed E-state index contributed by atoms with van der Waals surface area (Å²) in [5, 5.41) is 3.62. The molecule has 0 atom stereocenters. The average molecular weight is 441 g/mol. The van der Waals surface area contributed by atoms with Crippen LogP contribution in [-0.2, 0) is 24.1 Å². The van der Waals surface area contributed by atoms with Gasteiger partial charge in [-0.25, -0.2) is 4.79 Å². The van der Waals surface area contributed by atoms with E-state index in [1.54, 1.807) is 6.92 Å². The molecule has 2 heterocycles. The maximum absolute atomic E-state index is 12.9. The van der Waals surface area contributed by atoms with Crippen molar-refractivity contribution >= 4 is 28.2 Å². The van der Waals surface area contributed by atoms with Crippen LogP contribution < -0.4 is 5.32 Å². The molecule has 1 amide bonds. The van der Waals surface area contributed by atoms with Gasteiger partial charge in [-0.3, -0.25) is 9.69 Å². The third-order valence-corrected chi connectivity index (χ3v) is 7.58. The zero-order valence-electron chi connectivity index (χ0n) is 18.5. The van der Waals surface area contributed by atoms with Crippen molar-refractivity contribution in [3.8, 4) is 0 Å².